The van der Waals surface area contributed by atoms with Gasteiger partial charge < -0.3 is 14.8 Å². The predicted octanol–water partition coefficient (Wildman–Crippen LogP) is 2.03. The third-order valence-electron chi connectivity index (χ3n) is 2.82. The second-order valence-corrected chi connectivity index (χ2v) is 5.08. The van der Waals surface area contributed by atoms with Gasteiger partial charge in [0.15, 0.2) is 0 Å². The van der Waals surface area contributed by atoms with Gasteiger partial charge in [0.05, 0.1) is 27.1 Å². The summed E-state index contributed by atoms with van der Waals surface area (Å²) >= 11 is 3.45. The molecule has 1 aromatic carbocycles. The molecule has 0 unspecified atom stereocenters. The average molecular weight is 344 g/mol. The van der Waals surface area contributed by atoms with Crippen LogP contribution in [0.15, 0.2) is 28.7 Å². The fraction of sp³-hybridized carbons (Fsp3) is 0.429. The molecule has 0 heterocycles. The van der Waals surface area contributed by atoms with Crippen LogP contribution in [-0.2, 0) is 25.6 Å². The zero-order chi connectivity index (χ0) is 15.0. The van der Waals surface area contributed by atoms with Gasteiger partial charge in [-0.3, -0.25) is 9.59 Å². The van der Waals surface area contributed by atoms with Gasteiger partial charge in [0.2, 0.25) is 0 Å². The maximum atomic E-state index is 11.3. The number of carbonyl (C=O) groups excluding carboxylic acids is 2. The Bertz CT molecular complexity index is 446. The highest BCUT2D eigenvalue weighted by Gasteiger charge is 2.18. The van der Waals surface area contributed by atoms with Crippen molar-refractivity contribution in [3.8, 4) is 0 Å². The van der Waals surface area contributed by atoms with Crippen LogP contribution in [0.3, 0.4) is 0 Å². The molecule has 0 aromatic heterocycles. The zero-order valence-corrected chi connectivity index (χ0v) is 13.1. The molecule has 0 bridgehead atoms. The third kappa shape index (κ3) is 5.71. The van der Waals surface area contributed by atoms with E-state index in [1.54, 1.807) is 0 Å². The Morgan fingerprint density at radius 3 is 2.20 bits per heavy atom. The Morgan fingerprint density at radius 2 is 1.70 bits per heavy atom. The summed E-state index contributed by atoms with van der Waals surface area (Å²) in [5, 5.41) is 3.18. The predicted molar refractivity (Wildman–Crippen MR) is 78.0 cm³/mol. The molecule has 1 aromatic rings. The number of hydrogen-bond donors (Lipinski definition) is 1. The molecule has 0 atom stereocenters. The van der Waals surface area contributed by atoms with Crippen LogP contribution in [0.5, 0.6) is 0 Å². The SMILES string of the molecule is COC(=O)CC(CC(=O)OC)NCc1ccccc1Br. The molecule has 0 amide bonds. The lowest BCUT2D eigenvalue weighted by Gasteiger charge is -2.17. The number of esters is 2. The summed E-state index contributed by atoms with van der Waals surface area (Å²) in [5.41, 5.74) is 1.05. The Balaban J connectivity index is 2.61. The van der Waals surface area contributed by atoms with E-state index in [-0.39, 0.29) is 30.8 Å². The molecule has 0 aliphatic rings. The molecule has 0 aliphatic carbocycles. The van der Waals surface area contributed by atoms with Gasteiger partial charge >= 0.3 is 11.9 Å². The summed E-state index contributed by atoms with van der Waals surface area (Å²) in [5.74, 6) is -0.725. The smallest absolute Gasteiger partial charge is 0.307 e. The van der Waals surface area contributed by atoms with Crippen LogP contribution in [0.2, 0.25) is 0 Å². The monoisotopic (exact) mass is 343 g/mol. The average Bonchev–Trinajstić information content (AvgIpc) is 2.45. The number of nitrogens with one attached hydrogen (secondary N) is 1. The molecule has 0 fully saturated rings. The topological polar surface area (TPSA) is 64.6 Å². The Morgan fingerprint density at radius 1 is 1.15 bits per heavy atom. The highest BCUT2D eigenvalue weighted by Crippen LogP contribution is 2.16. The first-order chi connectivity index (χ1) is 9.56. The van der Waals surface area contributed by atoms with E-state index in [0.717, 1.165) is 10.0 Å². The van der Waals surface area contributed by atoms with Crippen LogP contribution in [0.4, 0.5) is 0 Å². The molecule has 5 nitrogen and oxygen atoms in total. The quantitative estimate of drug-likeness (QED) is 0.767. The van der Waals surface area contributed by atoms with Gasteiger partial charge in [0, 0.05) is 17.1 Å². The van der Waals surface area contributed by atoms with Crippen LogP contribution in [-0.4, -0.2) is 32.2 Å². The summed E-state index contributed by atoms with van der Waals surface area (Å²) < 4.78 is 10.2. The van der Waals surface area contributed by atoms with E-state index in [1.807, 2.05) is 24.3 Å². The first kappa shape index (κ1) is 16.7. The fourth-order valence-corrected chi connectivity index (χ4v) is 2.11. The number of methoxy groups -OCH3 is 2. The van der Waals surface area contributed by atoms with Crippen LogP contribution >= 0.6 is 15.9 Å². The second kappa shape index (κ2) is 8.71. The number of hydrogen-bond acceptors (Lipinski definition) is 5. The first-order valence-electron chi connectivity index (χ1n) is 6.17. The molecule has 6 heteroatoms. The van der Waals surface area contributed by atoms with Crippen molar-refractivity contribution in [3.05, 3.63) is 34.3 Å². The highest BCUT2D eigenvalue weighted by atomic mass is 79.9. The lowest BCUT2D eigenvalue weighted by molar-refractivity contribution is -0.143. The van der Waals surface area contributed by atoms with E-state index in [4.69, 9.17) is 0 Å². The van der Waals surface area contributed by atoms with Gasteiger partial charge in [0.1, 0.15) is 0 Å². The summed E-state index contributed by atoms with van der Waals surface area (Å²) in [7, 11) is 2.65. The Labute approximate surface area is 126 Å². The molecule has 20 heavy (non-hydrogen) atoms. The van der Waals surface area contributed by atoms with E-state index in [9.17, 15) is 9.59 Å². The Hall–Kier alpha value is -1.40. The molecule has 0 spiro atoms. The number of benzene rings is 1. The Kier molecular flexibility index (Phi) is 7.25. The number of ether oxygens (including phenoxy) is 2. The minimum atomic E-state index is -0.362. The van der Waals surface area contributed by atoms with Crippen molar-refractivity contribution in [1.82, 2.24) is 5.32 Å². The minimum Gasteiger partial charge on any atom is -0.469 e. The fourth-order valence-electron chi connectivity index (χ4n) is 1.68. The van der Waals surface area contributed by atoms with Crippen molar-refractivity contribution in [3.63, 3.8) is 0 Å². The maximum Gasteiger partial charge on any atom is 0.307 e. The van der Waals surface area contributed by atoms with E-state index < -0.39 is 0 Å². The molecule has 0 saturated heterocycles. The molecule has 0 radical (unpaired) electrons. The van der Waals surface area contributed by atoms with E-state index in [1.165, 1.54) is 14.2 Å². The van der Waals surface area contributed by atoms with Gasteiger partial charge in [-0.25, -0.2) is 0 Å². The van der Waals surface area contributed by atoms with Crippen LogP contribution in [0.25, 0.3) is 0 Å². The van der Waals surface area contributed by atoms with Gasteiger partial charge in [-0.2, -0.15) is 0 Å². The van der Waals surface area contributed by atoms with Crippen LogP contribution < -0.4 is 5.32 Å². The molecule has 0 saturated carbocycles. The van der Waals surface area contributed by atoms with E-state index >= 15 is 0 Å². The molecule has 1 rings (SSSR count). The van der Waals surface area contributed by atoms with Crippen molar-refractivity contribution < 1.29 is 19.1 Å². The number of halogens is 1. The van der Waals surface area contributed by atoms with Crippen molar-refractivity contribution >= 4 is 27.9 Å². The zero-order valence-electron chi connectivity index (χ0n) is 11.5. The minimum absolute atomic E-state index is 0.121. The standard InChI is InChI=1S/C14H18BrNO4/c1-19-13(17)7-11(8-14(18)20-2)16-9-10-5-3-4-6-12(10)15/h3-6,11,16H,7-9H2,1-2H3. The summed E-state index contributed by atoms with van der Waals surface area (Å²) in [6, 6.07) is 7.43. The van der Waals surface area contributed by atoms with Gasteiger partial charge in [-0.15, -0.1) is 0 Å². The number of carbonyl (C=O) groups is 2. The summed E-state index contributed by atoms with van der Waals surface area (Å²) in [4.78, 5) is 22.7. The lowest BCUT2D eigenvalue weighted by atomic mass is 10.1. The maximum absolute atomic E-state index is 11.3. The number of rotatable bonds is 7. The van der Waals surface area contributed by atoms with Crippen molar-refractivity contribution in [2.45, 2.75) is 25.4 Å². The second-order valence-electron chi connectivity index (χ2n) is 4.23. The third-order valence-corrected chi connectivity index (χ3v) is 3.59. The highest BCUT2D eigenvalue weighted by molar-refractivity contribution is 9.10. The molecular weight excluding hydrogens is 326 g/mol. The normalized spacial score (nSPS) is 10.4. The van der Waals surface area contributed by atoms with Crippen LogP contribution in [0.1, 0.15) is 18.4 Å². The molecule has 0 aliphatic heterocycles. The molecule has 110 valence electrons. The van der Waals surface area contributed by atoms with Gasteiger partial charge in [-0.05, 0) is 11.6 Å². The molecular formula is C14H18BrNO4. The lowest BCUT2D eigenvalue weighted by Crippen LogP contribution is -2.34. The van der Waals surface area contributed by atoms with E-state index in [0.29, 0.717) is 6.54 Å². The van der Waals surface area contributed by atoms with Crippen LogP contribution in [0, 0.1) is 0 Å². The van der Waals surface area contributed by atoms with Crippen molar-refractivity contribution in [2.75, 3.05) is 14.2 Å². The molecule has 1 N–H and O–H groups in total. The van der Waals surface area contributed by atoms with E-state index in [2.05, 4.69) is 30.7 Å². The summed E-state index contributed by atoms with van der Waals surface area (Å²) in [6.45, 7) is 0.542. The first-order valence-corrected chi connectivity index (χ1v) is 6.96. The largest absolute Gasteiger partial charge is 0.469 e. The van der Waals surface area contributed by atoms with Crippen molar-refractivity contribution in [2.24, 2.45) is 0 Å². The summed E-state index contributed by atoms with van der Waals surface area (Å²) in [6.07, 6.45) is 0.242. The van der Waals surface area contributed by atoms with Gasteiger partial charge in [-0.1, -0.05) is 34.1 Å². The van der Waals surface area contributed by atoms with Crippen molar-refractivity contribution in [1.29, 1.82) is 0 Å². The van der Waals surface area contributed by atoms with Gasteiger partial charge in [0.25, 0.3) is 0 Å².